The van der Waals surface area contributed by atoms with Crippen LogP contribution in [-0.4, -0.2) is 62.5 Å². The van der Waals surface area contributed by atoms with Gasteiger partial charge in [0.2, 0.25) is 5.91 Å². The molecule has 188 valence electrons. The SMILES string of the molecule is CCC1=C(C(=O)OC)[C@H](c2ccc(OC)cc2OC)N2C(CC(=O)NC[C@H]3CCCO3)=CSC2=N1. The maximum absolute atomic E-state index is 13.0. The molecule has 0 radical (unpaired) electrons. The number of rotatable bonds is 9. The summed E-state index contributed by atoms with van der Waals surface area (Å²) >= 11 is 1.44. The van der Waals surface area contributed by atoms with Crippen LogP contribution in [0, 0.1) is 0 Å². The molecule has 3 aliphatic rings. The second kappa shape index (κ2) is 11.2. The van der Waals surface area contributed by atoms with Gasteiger partial charge in [-0.05, 0) is 36.8 Å². The maximum Gasteiger partial charge on any atom is 0.338 e. The lowest BCUT2D eigenvalue weighted by molar-refractivity contribution is -0.136. The van der Waals surface area contributed by atoms with Crippen LogP contribution in [0.15, 0.2) is 45.6 Å². The van der Waals surface area contributed by atoms with E-state index in [-0.39, 0.29) is 18.4 Å². The zero-order valence-electron chi connectivity index (χ0n) is 20.5. The highest BCUT2D eigenvalue weighted by molar-refractivity contribution is 8.16. The Hall–Kier alpha value is -2.98. The van der Waals surface area contributed by atoms with Crippen molar-refractivity contribution < 1.29 is 28.5 Å². The monoisotopic (exact) mass is 501 g/mol. The van der Waals surface area contributed by atoms with Crippen LogP contribution in [-0.2, 0) is 19.1 Å². The van der Waals surface area contributed by atoms with E-state index in [0.29, 0.717) is 40.9 Å². The Morgan fingerprint density at radius 2 is 2.09 bits per heavy atom. The average molecular weight is 502 g/mol. The van der Waals surface area contributed by atoms with Gasteiger partial charge < -0.3 is 29.2 Å². The Morgan fingerprint density at radius 1 is 1.26 bits per heavy atom. The molecule has 2 atom stereocenters. The third kappa shape index (κ3) is 5.18. The molecule has 4 rings (SSSR count). The molecule has 1 aromatic carbocycles. The molecule has 1 aromatic rings. The fraction of sp³-hybridized carbons (Fsp3) is 0.480. The number of esters is 1. The van der Waals surface area contributed by atoms with E-state index < -0.39 is 12.0 Å². The lowest BCUT2D eigenvalue weighted by atomic mass is 9.92. The van der Waals surface area contributed by atoms with Gasteiger partial charge in [-0.3, -0.25) is 4.79 Å². The van der Waals surface area contributed by atoms with E-state index in [0.717, 1.165) is 30.7 Å². The predicted octanol–water partition coefficient (Wildman–Crippen LogP) is 3.53. The summed E-state index contributed by atoms with van der Waals surface area (Å²) < 4.78 is 21.8. The lowest BCUT2D eigenvalue weighted by Gasteiger charge is -2.37. The minimum absolute atomic E-state index is 0.0651. The number of nitrogens with zero attached hydrogens (tertiary/aromatic N) is 2. The third-order valence-corrected chi connectivity index (χ3v) is 7.15. The first-order valence-electron chi connectivity index (χ1n) is 11.7. The second-order valence-electron chi connectivity index (χ2n) is 8.32. The van der Waals surface area contributed by atoms with Crippen molar-refractivity contribution in [2.45, 2.75) is 44.8 Å². The molecule has 10 heteroatoms. The summed E-state index contributed by atoms with van der Waals surface area (Å²) in [7, 11) is 4.52. The van der Waals surface area contributed by atoms with E-state index >= 15 is 0 Å². The molecule has 9 nitrogen and oxygen atoms in total. The number of carbonyl (C=O) groups is 2. The van der Waals surface area contributed by atoms with Gasteiger partial charge in [0.15, 0.2) is 5.17 Å². The van der Waals surface area contributed by atoms with E-state index in [1.165, 1.54) is 18.9 Å². The minimum Gasteiger partial charge on any atom is -0.497 e. The molecule has 0 bridgehead atoms. The zero-order chi connectivity index (χ0) is 24.9. The van der Waals surface area contributed by atoms with Crippen molar-refractivity contribution in [1.29, 1.82) is 0 Å². The molecule has 0 aromatic heterocycles. The number of carbonyl (C=O) groups excluding carboxylic acids is 2. The summed E-state index contributed by atoms with van der Waals surface area (Å²) in [5, 5.41) is 5.60. The maximum atomic E-state index is 13.0. The molecule has 0 spiro atoms. The molecule has 1 fully saturated rings. The van der Waals surface area contributed by atoms with Crippen molar-refractivity contribution in [2.75, 3.05) is 34.5 Å². The van der Waals surface area contributed by atoms with Crippen LogP contribution in [0.2, 0.25) is 0 Å². The summed E-state index contributed by atoms with van der Waals surface area (Å²) in [6, 6.07) is 4.91. The van der Waals surface area contributed by atoms with E-state index in [1.807, 2.05) is 29.4 Å². The van der Waals surface area contributed by atoms with Crippen LogP contribution < -0.4 is 14.8 Å². The average Bonchev–Trinajstić information content (AvgIpc) is 3.55. The topological polar surface area (TPSA) is 98.7 Å². The first-order valence-corrected chi connectivity index (χ1v) is 12.5. The quantitative estimate of drug-likeness (QED) is 0.513. The first kappa shape index (κ1) is 25.1. The molecule has 35 heavy (non-hydrogen) atoms. The molecular formula is C25H31N3O6S. The number of hydrogen-bond donors (Lipinski definition) is 1. The Morgan fingerprint density at radius 3 is 2.74 bits per heavy atom. The molecule has 0 aliphatic carbocycles. The van der Waals surface area contributed by atoms with Gasteiger partial charge in [-0.2, -0.15) is 0 Å². The Labute approximate surface area is 209 Å². The molecular weight excluding hydrogens is 470 g/mol. The number of thioether (sulfide) groups is 1. The van der Waals surface area contributed by atoms with Crippen LogP contribution in [0.5, 0.6) is 11.5 Å². The van der Waals surface area contributed by atoms with Crippen LogP contribution >= 0.6 is 11.8 Å². The highest BCUT2D eigenvalue weighted by atomic mass is 32.2. The Kier molecular flexibility index (Phi) is 8.02. The molecule has 3 heterocycles. The van der Waals surface area contributed by atoms with Crippen LogP contribution in [0.25, 0.3) is 0 Å². The minimum atomic E-state index is -0.571. The number of aliphatic imine (C=N–C) groups is 1. The van der Waals surface area contributed by atoms with E-state index in [2.05, 4.69) is 5.32 Å². The van der Waals surface area contributed by atoms with E-state index in [4.69, 9.17) is 23.9 Å². The van der Waals surface area contributed by atoms with Crippen molar-refractivity contribution >= 4 is 28.8 Å². The predicted molar refractivity (Wildman–Crippen MR) is 133 cm³/mol. The number of hydrogen-bond acceptors (Lipinski definition) is 9. The van der Waals surface area contributed by atoms with Crippen molar-refractivity contribution in [1.82, 2.24) is 10.2 Å². The van der Waals surface area contributed by atoms with Crippen molar-refractivity contribution in [3.63, 3.8) is 0 Å². The Bertz CT molecular complexity index is 1080. The lowest BCUT2D eigenvalue weighted by Crippen LogP contribution is -2.39. The molecule has 0 saturated carbocycles. The normalized spacial score (nSPS) is 21.3. The molecule has 3 aliphatic heterocycles. The second-order valence-corrected chi connectivity index (χ2v) is 9.16. The number of fused-ring (bicyclic) bond motifs is 1. The smallest absolute Gasteiger partial charge is 0.338 e. The van der Waals surface area contributed by atoms with Gasteiger partial charge in [0.1, 0.15) is 11.5 Å². The number of amides is 1. The number of amidine groups is 1. The largest absolute Gasteiger partial charge is 0.497 e. The number of benzene rings is 1. The summed E-state index contributed by atoms with van der Waals surface area (Å²) in [5.74, 6) is 0.617. The van der Waals surface area contributed by atoms with Crippen LogP contribution in [0.3, 0.4) is 0 Å². The zero-order valence-corrected chi connectivity index (χ0v) is 21.3. The molecule has 1 amide bonds. The molecule has 1 saturated heterocycles. The standard InChI is InChI=1S/C25H31N3O6S/c1-5-19-22(24(30)33-4)23(18-9-8-16(31-2)12-20(18)32-3)28-15(14-35-25(28)27-19)11-21(29)26-13-17-7-6-10-34-17/h8-9,12,14,17,23H,5-7,10-11,13H2,1-4H3,(H,26,29)/t17-,23+/m1/s1. The Balaban J connectivity index is 1.69. The fourth-order valence-corrected chi connectivity index (χ4v) is 5.45. The van der Waals surface area contributed by atoms with Crippen molar-refractivity contribution in [3.8, 4) is 11.5 Å². The van der Waals surface area contributed by atoms with Gasteiger partial charge in [0.25, 0.3) is 0 Å². The summed E-state index contributed by atoms with van der Waals surface area (Å²) in [5.41, 5.74) is 2.57. The van der Waals surface area contributed by atoms with Gasteiger partial charge in [0.05, 0.1) is 51.2 Å². The molecule has 1 N–H and O–H groups in total. The number of allylic oxidation sites excluding steroid dienone is 1. The number of methoxy groups -OCH3 is 3. The van der Waals surface area contributed by atoms with Gasteiger partial charge in [-0.1, -0.05) is 18.7 Å². The summed E-state index contributed by atoms with van der Waals surface area (Å²) in [6.45, 7) is 3.18. The van der Waals surface area contributed by atoms with Crippen LogP contribution in [0.1, 0.15) is 44.2 Å². The van der Waals surface area contributed by atoms with E-state index in [1.54, 1.807) is 20.3 Å². The van der Waals surface area contributed by atoms with Crippen LogP contribution in [0.4, 0.5) is 0 Å². The summed E-state index contributed by atoms with van der Waals surface area (Å²) in [4.78, 5) is 32.6. The molecule has 0 unspecified atom stereocenters. The van der Waals surface area contributed by atoms with Gasteiger partial charge in [-0.25, -0.2) is 9.79 Å². The first-order chi connectivity index (χ1) is 17.0. The number of ether oxygens (including phenoxy) is 4. The van der Waals surface area contributed by atoms with Gasteiger partial charge >= 0.3 is 5.97 Å². The van der Waals surface area contributed by atoms with E-state index in [9.17, 15) is 9.59 Å². The summed E-state index contributed by atoms with van der Waals surface area (Å²) in [6.07, 6.45) is 2.73. The van der Waals surface area contributed by atoms with Gasteiger partial charge in [0, 0.05) is 30.5 Å². The third-order valence-electron chi connectivity index (χ3n) is 6.26. The van der Waals surface area contributed by atoms with Gasteiger partial charge in [-0.15, -0.1) is 0 Å². The highest BCUT2D eigenvalue weighted by Gasteiger charge is 2.42. The number of nitrogens with one attached hydrogen (secondary N) is 1. The fourth-order valence-electron chi connectivity index (χ4n) is 4.51. The highest BCUT2D eigenvalue weighted by Crippen LogP contribution is 2.48. The van der Waals surface area contributed by atoms with Crippen molar-refractivity contribution in [2.24, 2.45) is 4.99 Å². The van der Waals surface area contributed by atoms with Crippen molar-refractivity contribution in [3.05, 3.63) is 46.1 Å².